The van der Waals surface area contributed by atoms with Gasteiger partial charge in [-0.1, -0.05) is 0 Å². The topological polar surface area (TPSA) is 67.6 Å². The highest BCUT2D eigenvalue weighted by molar-refractivity contribution is 5.56. The van der Waals surface area contributed by atoms with Crippen LogP contribution in [-0.2, 0) is 6.42 Å². The summed E-state index contributed by atoms with van der Waals surface area (Å²) in [6.45, 7) is 0.697. The first-order valence-electron chi connectivity index (χ1n) is 5.04. The Balaban J connectivity index is 2.14. The van der Waals surface area contributed by atoms with Gasteiger partial charge in [-0.3, -0.25) is 4.98 Å². The lowest BCUT2D eigenvalue weighted by molar-refractivity contribution is 0.794. The smallest absolute Gasteiger partial charge is 0.106 e. The Kier molecular flexibility index (Phi) is 3.09. The number of nitrogens with two attached hydrogens (primary N) is 1. The number of pyridine rings is 1. The molecule has 0 unspecified atom stereocenters. The molecule has 2 heterocycles. The molecular formula is C11H14N4. The maximum atomic E-state index is 5.44. The highest BCUT2D eigenvalue weighted by Crippen LogP contribution is 2.15. The quantitative estimate of drug-likeness (QED) is 0.786. The van der Waals surface area contributed by atoms with E-state index in [0.29, 0.717) is 6.54 Å². The molecule has 4 nitrogen and oxygen atoms in total. The van der Waals surface area contributed by atoms with Crippen LogP contribution in [0.4, 0.5) is 0 Å². The van der Waals surface area contributed by atoms with Crippen molar-refractivity contribution in [3.63, 3.8) is 0 Å². The second-order valence-electron chi connectivity index (χ2n) is 3.38. The van der Waals surface area contributed by atoms with Crippen LogP contribution in [0.3, 0.4) is 0 Å². The molecule has 0 aliphatic carbocycles. The van der Waals surface area contributed by atoms with Crippen LogP contribution in [0.1, 0.15) is 12.2 Å². The molecule has 2 rings (SSSR count). The molecule has 2 aromatic rings. The Labute approximate surface area is 88.6 Å². The SMILES string of the molecule is NCCCc1ncc(-c2cccnc2)[nH]1. The molecule has 0 amide bonds. The lowest BCUT2D eigenvalue weighted by Gasteiger charge is -1.95. The number of hydrogen-bond donors (Lipinski definition) is 2. The molecule has 0 spiro atoms. The first kappa shape index (κ1) is 9.86. The van der Waals surface area contributed by atoms with Crippen LogP contribution >= 0.6 is 0 Å². The fourth-order valence-electron chi connectivity index (χ4n) is 1.43. The first-order chi connectivity index (χ1) is 7.40. The van der Waals surface area contributed by atoms with E-state index in [9.17, 15) is 0 Å². The van der Waals surface area contributed by atoms with E-state index in [1.807, 2.05) is 24.5 Å². The summed E-state index contributed by atoms with van der Waals surface area (Å²) in [5, 5.41) is 0. The number of aromatic amines is 1. The second-order valence-corrected chi connectivity index (χ2v) is 3.38. The van der Waals surface area contributed by atoms with Gasteiger partial charge in [0.2, 0.25) is 0 Å². The Morgan fingerprint density at radius 1 is 1.33 bits per heavy atom. The maximum absolute atomic E-state index is 5.44. The van der Waals surface area contributed by atoms with Crippen LogP contribution in [0.5, 0.6) is 0 Å². The van der Waals surface area contributed by atoms with E-state index < -0.39 is 0 Å². The number of nitrogens with zero attached hydrogens (tertiary/aromatic N) is 2. The van der Waals surface area contributed by atoms with Crippen molar-refractivity contribution in [2.45, 2.75) is 12.8 Å². The van der Waals surface area contributed by atoms with Crippen molar-refractivity contribution in [2.75, 3.05) is 6.54 Å². The van der Waals surface area contributed by atoms with Gasteiger partial charge in [0.1, 0.15) is 5.82 Å². The number of aromatic nitrogens is 3. The van der Waals surface area contributed by atoms with Gasteiger partial charge in [-0.25, -0.2) is 4.98 Å². The molecule has 0 aliphatic heterocycles. The van der Waals surface area contributed by atoms with Gasteiger partial charge in [-0.2, -0.15) is 0 Å². The lowest BCUT2D eigenvalue weighted by atomic mass is 10.2. The largest absolute Gasteiger partial charge is 0.342 e. The van der Waals surface area contributed by atoms with Gasteiger partial charge in [0.05, 0.1) is 11.9 Å². The van der Waals surface area contributed by atoms with Crippen LogP contribution in [0.2, 0.25) is 0 Å². The van der Waals surface area contributed by atoms with Crippen LogP contribution in [-0.4, -0.2) is 21.5 Å². The third kappa shape index (κ3) is 2.41. The number of H-pyrrole nitrogens is 1. The molecule has 4 heteroatoms. The summed E-state index contributed by atoms with van der Waals surface area (Å²) in [7, 11) is 0. The predicted octanol–water partition coefficient (Wildman–Crippen LogP) is 1.36. The Morgan fingerprint density at radius 3 is 3.00 bits per heavy atom. The summed E-state index contributed by atoms with van der Waals surface area (Å²) in [6, 6.07) is 3.92. The second kappa shape index (κ2) is 4.70. The van der Waals surface area contributed by atoms with E-state index in [2.05, 4.69) is 15.0 Å². The summed E-state index contributed by atoms with van der Waals surface area (Å²) in [6.07, 6.45) is 7.27. The highest BCUT2D eigenvalue weighted by atomic mass is 14.9. The molecule has 0 aromatic carbocycles. The standard InChI is InChI=1S/C11H14N4/c12-5-1-4-11-14-8-10(15-11)9-3-2-6-13-7-9/h2-3,6-8H,1,4-5,12H2,(H,14,15). The van der Waals surface area contributed by atoms with E-state index in [1.54, 1.807) is 6.20 Å². The number of rotatable bonds is 4. The van der Waals surface area contributed by atoms with Crippen molar-refractivity contribution >= 4 is 0 Å². The van der Waals surface area contributed by atoms with Crippen molar-refractivity contribution in [1.82, 2.24) is 15.0 Å². The van der Waals surface area contributed by atoms with Crippen molar-refractivity contribution in [3.05, 3.63) is 36.5 Å². The van der Waals surface area contributed by atoms with E-state index in [1.165, 1.54) is 0 Å². The average Bonchev–Trinajstić information content (AvgIpc) is 2.76. The van der Waals surface area contributed by atoms with Crippen LogP contribution in [0.25, 0.3) is 11.3 Å². The number of hydrogen-bond acceptors (Lipinski definition) is 3. The van der Waals surface area contributed by atoms with Gasteiger partial charge in [-0.05, 0) is 25.1 Å². The van der Waals surface area contributed by atoms with Gasteiger partial charge in [0, 0.05) is 24.4 Å². The fraction of sp³-hybridized carbons (Fsp3) is 0.273. The molecular weight excluding hydrogens is 188 g/mol. The molecule has 15 heavy (non-hydrogen) atoms. The maximum Gasteiger partial charge on any atom is 0.106 e. The number of aryl methyl sites for hydroxylation is 1. The summed E-state index contributed by atoms with van der Waals surface area (Å²) in [4.78, 5) is 11.6. The molecule has 0 radical (unpaired) electrons. The summed E-state index contributed by atoms with van der Waals surface area (Å²) in [5.41, 5.74) is 7.51. The molecule has 0 saturated carbocycles. The van der Waals surface area contributed by atoms with Gasteiger partial charge in [-0.15, -0.1) is 0 Å². The summed E-state index contributed by atoms with van der Waals surface area (Å²) in [5.74, 6) is 0.985. The van der Waals surface area contributed by atoms with Crippen molar-refractivity contribution < 1.29 is 0 Å². The van der Waals surface area contributed by atoms with E-state index in [-0.39, 0.29) is 0 Å². The fourth-order valence-corrected chi connectivity index (χ4v) is 1.43. The van der Waals surface area contributed by atoms with E-state index >= 15 is 0 Å². The summed E-state index contributed by atoms with van der Waals surface area (Å²) < 4.78 is 0. The van der Waals surface area contributed by atoms with E-state index in [4.69, 9.17) is 5.73 Å². The van der Waals surface area contributed by atoms with Gasteiger partial charge in [0.25, 0.3) is 0 Å². The molecule has 2 aromatic heterocycles. The Hall–Kier alpha value is -1.68. The zero-order valence-electron chi connectivity index (χ0n) is 8.48. The third-order valence-corrected chi connectivity index (χ3v) is 2.22. The molecule has 0 atom stereocenters. The summed E-state index contributed by atoms with van der Waals surface area (Å²) >= 11 is 0. The number of imidazole rings is 1. The van der Waals surface area contributed by atoms with Gasteiger partial charge in [0.15, 0.2) is 0 Å². The number of nitrogens with one attached hydrogen (secondary N) is 1. The molecule has 0 saturated heterocycles. The van der Waals surface area contributed by atoms with Crippen molar-refractivity contribution in [1.29, 1.82) is 0 Å². The first-order valence-corrected chi connectivity index (χ1v) is 5.04. The van der Waals surface area contributed by atoms with E-state index in [0.717, 1.165) is 29.9 Å². The molecule has 78 valence electrons. The average molecular weight is 202 g/mol. The minimum absolute atomic E-state index is 0.697. The minimum atomic E-state index is 0.697. The predicted molar refractivity (Wildman–Crippen MR) is 59.2 cm³/mol. The molecule has 0 bridgehead atoms. The Morgan fingerprint density at radius 2 is 2.27 bits per heavy atom. The zero-order valence-corrected chi connectivity index (χ0v) is 8.48. The van der Waals surface area contributed by atoms with Gasteiger partial charge < -0.3 is 10.7 Å². The molecule has 0 aliphatic rings. The monoisotopic (exact) mass is 202 g/mol. The van der Waals surface area contributed by atoms with Crippen LogP contribution in [0, 0.1) is 0 Å². The zero-order chi connectivity index (χ0) is 10.5. The Bertz CT molecular complexity index is 408. The van der Waals surface area contributed by atoms with Crippen LogP contribution < -0.4 is 5.73 Å². The van der Waals surface area contributed by atoms with Crippen molar-refractivity contribution in [3.8, 4) is 11.3 Å². The van der Waals surface area contributed by atoms with Gasteiger partial charge >= 0.3 is 0 Å². The highest BCUT2D eigenvalue weighted by Gasteiger charge is 2.02. The third-order valence-electron chi connectivity index (χ3n) is 2.22. The normalized spacial score (nSPS) is 10.5. The minimum Gasteiger partial charge on any atom is -0.342 e. The molecule has 3 N–H and O–H groups in total. The van der Waals surface area contributed by atoms with Crippen LogP contribution in [0.15, 0.2) is 30.7 Å². The molecule has 0 fully saturated rings. The lowest BCUT2D eigenvalue weighted by Crippen LogP contribution is -2.01. The van der Waals surface area contributed by atoms with Crippen molar-refractivity contribution in [2.24, 2.45) is 5.73 Å².